The summed E-state index contributed by atoms with van der Waals surface area (Å²) in [6.45, 7) is 0. The maximum absolute atomic E-state index is 0. The summed E-state index contributed by atoms with van der Waals surface area (Å²) in [6, 6.07) is 0. The van der Waals surface area contributed by atoms with Crippen molar-refractivity contribution in [3.63, 3.8) is 0 Å². The SMILES string of the molecule is [N-3].[N-3].[N-3].[N-3].[N-3].[Nb+5].[Nb+5].[Nb+5]. The van der Waals surface area contributed by atoms with Gasteiger partial charge < -0.3 is 30.8 Å². The van der Waals surface area contributed by atoms with Gasteiger partial charge in [0.15, 0.2) is 0 Å². The summed E-state index contributed by atoms with van der Waals surface area (Å²) >= 11 is 0. The maximum Gasteiger partial charge on any atom is 5.00 e. The molecule has 0 aliphatic rings. The minimum Gasteiger partial charge on any atom is -3.00 e. The molecule has 0 saturated carbocycles. The first-order valence-electron chi connectivity index (χ1n) is 0. The van der Waals surface area contributed by atoms with E-state index in [4.69, 9.17) is 0 Å². The largest absolute Gasteiger partial charge is 5.00 e. The molecule has 0 aliphatic carbocycles. The Balaban J connectivity index is 0. The Morgan fingerprint density at radius 1 is 0.250 bits per heavy atom. The Bertz CT molecular complexity index is 7.64. The molecule has 0 saturated heterocycles. The van der Waals surface area contributed by atoms with E-state index in [0.29, 0.717) is 0 Å². The fraction of sp³-hybridized carbons (Fsp3) is 0. The molecule has 0 aromatic heterocycles. The second-order valence-corrected chi connectivity index (χ2v) is 0. The average molecular weight is 349 g/mol. The molecule has 8 heteroatoms. The van der Waals surface area contributed by atoms with Crippen LogP contribution in [0, 0.1) is 0 Å². The predicted molar refractivity (Wildman–Crippen MR) is 16.8 cm³/mol. The van der Waals surface area contributed by atoms with E-state index in [9.17, 15) is 0 Å². The number of nitrogens with zero attached hydrogens (tertiary/aromatic N) is 5. The first-order chi connectivity index (χ1) is 0. The van der Waals surface area contributed by atoms with Crippen LogP contribution < -0.4 is 0 Å². The topological polar surface area (TPSA) is 152 Å². The van der Waals surface area contributed by atoms with Crippen molar-refractivity contribution >= 4 is 0 Å². The number of rotatable bonds is 0. The van der Waals surface area contributed by atoms with Crippen LogP contribution >= 0.6 is 0 Å². The normalized spacial score (nSPS) is 0. The van der Waals surface area contributed by atoms with Crippen LogP contribution in [-0.2, 0) is 67.1 Å². The molecule has 40 valence electrons. The van der Waals surface area contributed by atoms with Crippen LogP contribution in [0.1, 0.15) is 0 Å². The van der Waals surface area contributed by atoms with Gasteiger partial charge in [0, 0.05) is 0 Å². The first-order valence-corrected chi connectivity index (χ1v) is 0. The second-order valence-electron chi connectivity index (χ2n) is 0. The molecule has 0 N–H and O–H groups in total. The smallest absolute Gasteiger partial charge is 3.00 e. The van der Waals surface area contributed by atoms with E-state index in [1.54, 1.807) is 0 Å². The molecule has 0 fully saturated rings. The van der Waals surface area contributed by atoms with Crippen LogP contribution in [0.15, 0.2) is 0 Å². The average Bonchev–Trinajstić information content (AvgIpc) is 0. The quantitative estimate of drug-likeness (QED) is 0.581. The molecule has 0 aromatic carbocycles. The standard InChI is InChI=1S/5N.3Nb/q5*-3;3*+5. The van der Waals surface area contributed by atoms with Crippen molar-refractivity contribution in [1.82, 2.24) is 0 Å². The minimum absolute atomic E-state index is 0. The van der Waals surface area contributed by atoms with Crippen LogP contribution in [0.5, 0.6) is 0 Å². The molecule has 8 heavy (non-hydrogen) atoms. The predicted octanol–water partition coefficient (Wildman–Crippen LogP) is 1.44. The van der Waals surface area contributed by atoms with Crippen molar-refractivity contribution in [2.45, 2.75) is 0 Å². The van der Waals surface area contributed by atoms with Gasteiger partial charge in [0.2, 0.25) is 0 Å². The molecule has 0 bridgehead atoms. The van der Waals surface area contributed by atoms with E-state index >= 15 is 0 Å². The van der Waals surface area contributed by atoms with Crippen LogP contribution in [0.2, 0.25) is 0 Å². The van der Waals surface area contributed by atoms with Crippen molar-refractivity contribution in [3.05, 3.63) is 30.8 Å². The van der Waals surface area contributed by atoms with Gasteiger partial charge in [0.25, 0.3) is 0 Å². The molecule has 0 spiro atoms. The summed E-state index contributed by atoms with van der Waals surface area (Å²) in [5, 5.41) is 0. The van der Waals surface area contributed by atoms with Crippen LogP contribution in [0.3, 0.4) is 0 Å². The summed E-state index contributed by atoms with van der Waals surface area (Å²) in [4.78, 5) is 0. The third-order valence-electron chi connectivity index (χ3n) is 0. The van der Waals surface area contributed by atoms with Gasteiger partial charge in [-0.3, -0.25) is 0 Å². The molecule has 0 aliphatic heterocycles. The summed E-state index contributed by atoms with van der Waals surface area (Å²) in [5.74, 6) is 0. The molecule has 0 aromatic rings. The molecule has 0 heterocycles. The van der Waals surface area contributed by atoms with Crippen molar-refractivity contribution in [2.24, 2.45) is 0 Å². The monoisotopic (exact) mass is 349 g/mol. The van der Waals surface area contributed by atoms with E-state index in [2.05, 4.69) is 0 Å². The second kappa shape index (κ2) is 142. The molecule has 0 amide bonds. The summed E-state index contributed by atoms with van der Waals surface area (Å²) in [6.07, 6.45) is 0. The number of hydrogen-bond acceptors (Lipinski definition) is 0. The van der Waals surface area contributed by atoms with Crippen LogP contribution in [0.25, 0.3) is 30.8 Å². The Kier molecular flexibility index (Phi) is 3550. The van der Waals surface area contributed by atoms with E-state index in [0.717, 1.165) is 0 Å². The Labute approximate surface area is 96.9 Å². The molecule has 5 nitrogen and oxygen atoms in total. The zero-order valence-corrected chi connectivity index (χ0v) is 10.2. The summed E-state index contributed by atoms with van der Waals surface area (Å²) in [7, 11) is 0. The maximum atomic E-state index is 0. The summed E-state index contributed by atoms with van der Waals surface area (Å²) in [5.41, 5.74) is 0. The van der Waals surface area contributed by atoms with Crippen molar-refractivity contribution in [3.8, 4) is 0 Å². The first kappa shape index (κ1) is 200. The van der Waals surface area contributed by atoms with Crippen LogP contribution in [-0.4, -0.2) is 0 Å². The zero-order valence-electron chi connectivity index (χ0n) is 3.58. The van der Waals surface area contributed by atoms with Gasteiger partial charge in [-0.15, -0.1) is 0 Å². The van der Waals surface area contributed by atoms with Gasteiger partial charge in [-0.25, -0.2) is 0 Å². The van der Waals surface area contributed by atoms with Gasteiger partial charge in [-0.05, 0) is 0 Å². The molecule has 0 rings (SSSR count). The van der Waals surface area contributed by atoms with Gasteiger partial charge >= 0.3 is 67.1 Å². The Hall–Kier alpha value is 2.02. The van der Waals surface area contributed by atoms with Crippen molar-refractivity contribution < 1.29 is 67.1 Å². The van der Waals surface area contributed by atoms with Gasteiger partial charge in [-0.1, -0.05) is 0 Å². The Morgan fingerprint density at radius 3 is 0.250 bits per heavy atom. The third kappa shape index (κ3) is 96.8. The summed E-state index contributed by atoms with van der Waals surface area (Å²) < 4.78 is 0. The van der Waals surface area contributed by atoms with E-state index in [-0.39, 0.29) is 97.9 Å². The Morgan fingerprint density at radius 2 is 0.250 bits per heavy atom. The van der Waals surface area contributed by atoms with Crippen molar-refractivity contribution in [2.75, 3.05) is 0 Å². The van der Waals surface area contributed by atoms with E-state index < -0.39 is 0 Å². The molecule has 0 unspecified atom stereocenters. The molecular formula is N5Nb3. The minimum atomic E-state index is 0. The van der Waals surface area contributed by atoms with Crippen molar-refractivity contribution in [1.29, 1.82) is 0 Å². The molecule has 0 radical (unpaired) electrons. The van der Waals surface area contributed by atoms with E-state index in [1.807, 2.05) is 0 Å². The van der Waals surface area contributed by atoms with E-state index in [1.165, 1.54) is 0 Å². The van der Waals surface area contributed by atoms with Crippen LogP contribution in [0.4, 0.5) is 0 Å². The van der Waals surface area contributed by atoms with Gasteiger partial charge in [0.1, 0.15) is 0 Å². The third-order valence-corrected chi connectivity index (χ3v) is 0. The fourth-order valence-corrected chi connectivity index (χ4v) is 0. The van der Waals surface area contributed by atoms with Gasteiger partial charge in [-0.2, -0.15) is 0 Å². The molecular weight excluding hydrogens is 349 g/mol. The zero-order chi connectivity index (χ0) is 0. The van der Waals surface area contributed by atoms with Gasteiger partial charge in [0.05, 0.1) is 0 Å². The fourth-order valence-electron chi connectivity index (χ4n) is 0. The molecule has 0 atom stereocenters. The number of hydrogen-bond donors (Lipinski definition) is 0.